The summed E-state index contributed by atoms with van der Waals surface area (Å²) in [6.07, 6.45) is 1.61. The smallest absolute Gasteiger partial charge is 0.247 e. The highest BCUT2D eigenvalue weighted by molar-refractivity contribution is 9.10. The number of halogens is 2. The molecule has 2 heterocycles. The van der Waals surface area contributed by atoms with Crippen molar-refractivity contribution in [3.63, 3.8) is 0 Å². The lowest BCUT2D eigenvalue weighted by Crippen LogP contribution is -2.34. The van der Waals surface area contributed by atoms with Crippen LogP contribution in [0.5, 0.6) is 0 Å². The van der Waals surface area contributed by atoms with Crippen LogP contribution in [0.3, 0.4) is 0 Å². The predicted molar refractivity (Wildman–Crippen MR) is 93.5 cm³/mol. The van der Waals surface area contributed by atoms with Crippen molar-refractivity contribution < 1.29 is 4.79 Å². The molecule has 0 saturated carbocycles. The Morgan fingerprint density at radius 3 is 2.65 bits per heavy atom. The van der Waals surface area contributed by atoms with Gasteiger partial charge in [-0.3, -0.25) is 14.2 Å². The summed E-state index contributed by atoms with van der Waals surface area (Å²) >= 11 is 9.67. The van der Waals surface area contributed by atoms with Gasteiger partial charge >= 0.3 is 0 Å². The van der Waals surface area contributed by atoms with Crippen LogP contribution in [0.4, 0.5) is 0 Å². The standard InChI is InChI=1S/C15H21BrClN5O/c1-6-21-13(12(17)7-18-21)8-20(5)15(23)11(4)22-10(3)14(16)9(2)19-22/h7,11H,6,8H2,1-5H3. The molecule has 0 saturated heterocycles. The van der Waals surface area contributed by atoms with E-state index in [1.807, 2.05) is 27.7 Å². The van der Waals surface area contributed by atoms with E-state index in [2.05, 4.69) is 26.1 Å². The van der Waals surface area contributed by atoms with Crippen molar-refractivity contribution in [2.24, 2.45) is 0 Å². The van der Waals surface area contributed by atoms with E-state index in [-0.39, 0.29) is 11.9 Å². The summed E-state index contributed by atoms with van der Waals surface area (Å²) in [6.45, 7) is 8.82. The van der Waals surface area contributed by atoms with Gasteiger partial charge < -0.3 is 4.90 Å². The van der Waals surface area contributed by atoms with Crippen LogP contribution in [-0.2, 0) is 17.9 Å². The Morgan fingerprint density at radius 2 is 2.13 bits per heavy atom. The molecule has 0 fully saturated rings. The second kappa shape index (κ2) is 7.05. The van der Waals surface area contributed by atoms with Crippen LogP contribution in [-0.4, -0.2) is 37.4 Å². The molecule has 1 atom stereocenters. The topological polar surface area (TPSA) is 56.0 Å². The summed E-state index contributed by atoms with van der Waals surface area (Å²) in [5.74, 6) is -0.0250. The number of likely N-dealkylation sites (N-methyl/N-ethyl adjacent to an activating group) is 1. The molecule has 2 rings (SSSR count). The lowest BCUT2D eigenvalue weighted by atomic mass is 10.2. The van der Waals surface area contributed by atoms with Crippen LogP contribution < -0.4 is 0 Å². The fraction of sp³-hybridized carbons (Fsp3) is 0.533. The predicted octanol–water partition coefficient (Wildman–Crippen LogP) is 3.35. The molecule has 1 amide bonds. The second-order valence-electron chi connectivity index (χ2n) is 5.55. The summed E-state index contributed by atoms with van der Waals surface area (Å²) in [4.78, 5) is 14.4. The van der Waals surface area contributed by atoms with Gasteiger partial charge in [-0.05, 0) is 43.6 Å². The fourth-order valence-corrected chi connectivity index (χ4v) is 3.03. The molecule has 0 aliphatic carbocycles. The Kier molecular flexibility index (Phi) is 5.52. The molecular formula is C15H21BrClN5O. The van der Waals surface area contributed by atoms with Crippen molar-refractivity contribution >= 4 is 33.4 Å². The number of carbonyl (C=O) groups excluding carboxylic acids is 1. The van der Waals surface area contributed by atoms with Crippen LogP contribution >= 0.6 is 27.5 Å². The maximum atomic E-state index is 12.7. The molecule has 0 radical (unpaired) electrons. The van der Waals surface area contributed by atoms with E-state index in [1.54, 1.807) is 27.5 Å². The minimum Gasteiger partial charge on any atom is -0.338 e. The zero-order valence-electron chi connectivity index (χ0n) is 14.0. The Morgan fingerprint density at radius 1 is 1.48 bits per heavy atom. The van der Waals surface area contributed by atoms with Crippen molar-refractivity contribution in [2.45, 2.75) is 46.8 Å². The SMILES string of the molecule is CCn1ncc(Cl)c1CN(C)C(=O)C(C)n1nc(C)c(Br)c1C. The van der Waals surface area contributed by atoms with Crippen molar-refractivity contribution in [3.05, 3.63) is 32.8 Å². The normalized spacial score (nSPS) is 12.5. The quantitative estimate of drug-likeness (QED) is 0.770. The third-order valence-electron chi connectivity index (χ3n) is 3.92. The van der Waals surface area contributed by atoms with Gasteiger partial charge in [0.2, 0.25) is 5.91 Å². The minimum absolute atomic E-state index is 0.0250. The third kappa shape index (κ3) is 3.45. The third-order valence-corrected chi connectivity index (χ3v) is 5.38. The summed E-state index contributed by atoms with van der Waals surface area (Å²) in [5, 5.41) is 9.22. The highest BCUT2D eigenvalue weighted by Crippen LogP contribution is 2.24. The van der Waals surface area contributed by atoms with Crippen LogP contribution in [0.1, 0.15) is 37.0 Å². The van der Waals surface area contributed by atoms with Crippen LogP contribution in [0.15, 0.2) is 10.7 Å². The van der Waals surface area contributed by atoms with Gasteiger partial charge in [0.25, 0.3) is 0 Å². The molecule has 126 valence electrons. The van der Waals surface area contributed by atoms with Gasteiger partial charge in [-0.15, -0.1) is 0 Å². The summed E-state index contributed by atoms with van der Waals surface area (Å²) < 4.78 is 4.49. The van der Waals surface area contributed by atoms with Gasteiger partial charge in [-0.1, -0.05) is 11.6 Å². The van der Waals surface area contributed by atoms with E-state index in [0.29, 0.717) is 18.1 Å². The number of hydrogen-bond donors (Lipinski definition) is 0. The van der Waals surface area contributed by atoms with Gasteiger partial charge in [0.15, 0.2) is 0 Å². The average Bonchev–Trinajstić information content (AvgIpc) is 3.00. The maximum absolute atomic E-state index is 12.7. The first kappa shape index (κ1) is 18.0. The molecule has 0 bridgehead atoms. The number of carbonyl (C=O) groups is 1. The highest BCUT2D eigenvalue weighted by atomic mass is 79.9. The Bertz CT molecular complexity index is 724. The molecule has 1 unspecified atom stereocenters. The lowest BCUT2D eigenvalue weighted by Gasteiger charge is -2.23. The molecule has 2 aromatic rings. The van der Waals surface area contributed by atoms with Gasteiger partial charge in [0, 0.05) is 13.6 Å². The van der Waals surface area contributed by atoms with E-state index >= 15 is 0 Å². The molecule has 0 aliphatic heterocycles. The van der Waals surface area contributed by atoms with Gasteiger partial charge in [0.1, 0.15) is 6.04 Å². The van der Waals surface area contributed by atoms with Crippen LogP contribution in [0, 0.1) is 13.8 Å². The Balaban J connectivity index is 2.19. The van der Waals surface area contributed by atoms with Crippen molar-refractivity contribution in [1.82, 2.24) is 24.5 Å². The molecule has 2 aromatic heterocycles. The van der Waals surface area contributed by atoms with E-state index in [4.69, 9.17) is 11.6 Å². The molecule has 0 N–H and O–H groups in total. The van der Waals surface area contributed by atoms with E-state index in [0.717, 1.165) is 21.6 Å². The van der Waals surface area contributed by atoms with Crippen molar-refractivity contribution in [1.29, 1.82) is 0 Å². The van der Waals surface area contributed by atoms with Crippen LogP contribution in [0.2, 0.25) is 5.02 Å². The van der Waals surface area contributed by atoms with Crippen molar-refractivity contribution in [3.8, 4) is 0 Å². The number of aryl methyl sites for hydroxylation is 2. The first-order chi connectivity index (χ1) is 10.8. The minimum atomic E-state index is -0.387. The second-order valence-corrected chi connectivity index (χ2v) is 6.75. The van der Waals surface area contributed by atoms with E-state index in [1.165, 1.54) is 0 Å². The Hall–Kier alpha value is -1.34. The van der Waals surface area contributed by atoms with Gasteiger partial charge in [-0.25, -0.2) is 0 Å². The molecule has 0 aliphatic rings. The fourth-order valence-electron chi connectivity index (χ4n) is 2.56. The van der Waals surface area contributed by atoms with E-state index in [9.17, 15) is 4.79 Å². The molecule has 0 aromatic carbocycles. The first-order valence-corrected chi connectivity index (χ1v) is 8.61. The monoisotopic (exact) mass is 401 g/mol. The lowest BCUT2D eigenvalue weighted by molar-refractivity contribution is -0.133. The number of rotatable bonds is 5. The van der Waals surface area contributed by atoms with Crippen molar-refractivity contribution in [2.75, 3.05) is 7.05 Å². The maximum Gasteiger partial charge on any atom is 0.247 e. The zero-order chi connectivity index (χ0) is 17.3. The highest BCUT2D eigenvalue weighted by Gasteiger charge is 2.24. The van der Waals surface area contributed by atoms with Gasteiger partial charge in [0.05, 0.1) is 39.3 Å². The number of aromatic nitrogens is 4. The number of nitrogens with zero attached hydrogens (tertiary/aromatic N) is 5. The van der Waals surface area contributed by atoms with Crippen LogP contribution in [0.25, 0.3) is 0 Å². The number of amides is 1. The Labute approximate surface area is 149 Å². The molecule has 23 heavy (non-hydrogen) atoms. The summed E-state index contributed by atoms with van der Waals surface area (Å²) in [7, 11) is 1.77. The molecule has 8 heteroatoms. The number of hydrogen-bond acceptors (Lipinski definition) is 3. The van der Waals surface area contributed by atoms with E-state index < -0.39 is 0 Å². The van der Waals surface area contributed by atoms with Gasteiger partial charge in [-0.2, -0.15) is 10.2 Å². The first-order valence-electron chi connectivity index (χ1n) is 7.44. The summed E-state index contributed by atoms with van der Waals surface area (Å²) in [5.41, 5.74) is 2.65. The molecular weight excluding hydrogens is 382 g/mol. The largest absolute Gasteiger partial charge is 0.338 e. The zero-order valence-corrected chi connectivity index (χ0v) is 16.3. The molecule has 6 nitrogen and oxygen atoms in total. The average molecular weight is 403 g/mol. The summed E-state index contributed by atoms with van der Waals surface area (Å²) in [6, 6.07) is -0.387. The molecule has 0 spiro atoms.